The number of rotatable bonds is 7. The Bertz CT molecular complexity index is 1080. The third-order valence-electron chi connectivity index (χ3n) is 5.88. The van der Waals surface area contributed by atoms with Crippen LogP contribution in [-0.4, -0.2) is 59.8 Å². The van der Waals surface area contributed by atoms with E-state index in [0.717, 1.165) is 53.1 Å². The van der Waals surface area contributed by atoms with E-state index >= 15 is 0 Å². The van der Waals surface area contributed by atoms with E-state index < -0.39 is 0 Å². The summed E-state index contributed by atoms with van der Waals surface area (Å²) in [5, 5.41) is 0. The molecule has 2 aromatic carbocycles. The van der Waals surface area contributed by atoms with Crippen LogP contribution in [0.25, 0.3) is 0 Å². The summed E-state index contributed by atoms with van der Waals surface area (Å²) < 4.78 is 5.28. The van der Waals surface area contributed by atoms with Gasteiger partial charge in [-0.3, -0.25) is 4.79 Å². The number of ether oxygens (including phenoxy) is 1. The van der Waals surface area contributed by atoms with Gasteiger partial charge in [0.05, 0.1) is 12.9 Å². The predicted molar refractivity (Wildman–Crippen MR) is 133 cm³/mol. The Balaban J connectivity index is 1.42. The van der Waals surface area contributed by atoms with Gasteiger partial charge in [-0.05, 0) is 43.7 Å². The maximum Gasteiger partial charge on any atom is 0.233 e. The minimum Gasteiger partial charge on any atom is -0.497 e. The van der Waals surface area contributed by atoms with Crippen molar-refractivity contribution >= 4 is 23.5 Å². The Labute approximate surface area is 200 Å². The SMILES string of the molecule is COc1ccc(Cc2c(C)nc(C)nc2N2CCN(C(=O)CSc3ccccc3)CC2)cc1. The predicted octanol–water partition coefficient (Wildman–Crippen LogP) is 4.13. The number of anilines is 1. The molecule has 7 heteroatoms. The van der Waals surface area contributed by atoms with E-state index in [1.54, 1.807) is 18.9 Å². The zero-order valence-corrected chi connectivity index (χ0v) is 20.3. The number of piperazine rings is 1. The molecule has 1 saturated heterocycles. The highest BCUT2D eigenvalue weighted by Gasteiger charge is 2.24. The number of thioether (sulfide) groups is 1. The molecule has 0 unspecified atom stereocenters. The van der Waals surface area contributed by atoms with E-state index in [1.165, 1.54) is 5.56 Å². The Morgan fingerprint density at radius 2 is 1.67 bits per heavy atom. The molecule has 172 valence electrons. The van der Waals surface area contributed by atoms with E-state index in [1.807, 2.05) is 54.3 Å². The van der Waals surface area contributed by atoms with Crippen molar-refractivity contribution in [3.05, 3.63) is 77.2 Å². The van der Waals surface area contributed by atoms with Gasteiger partial charge in [-0.1, -0.05) is 30.3 Å². The number of hydrogen-bond acceptors (Lipinski definition) is 6. The normalized spacial score (nSPS) is 13.8. The molecule has 6 nitrogen and oxygen atoms in total. The molecular weight excluding hydrogens is 432 g/mol. The molecule has 1 fully saturated rings. The Morgan fingerprint density at radius 1 is 0.970 bits per heavy atom. The molecule has 0 saturated carbocycles. The number of hydrogen-bond donors (Lipinski definition) is 0. The van der Waals surface area contributed by atoms with Crippen molar-refractivity contribution in [3.8, 4) is 5.75 Å². The van der Waals surface area contributed by atoms with E-state index in [4.69, 9.17) is 9.72 Å². The standard InChI is InChI=1S/C26H30N4O2S/c1-19-24(17-21-9-11-22(32-3)12-10-21)26(28-20(2)27-19)30-15-13-29(14-16-30)25(31)18-33-23-7-5-4-6-8-23/h4-12H,13-18H2,1-3H3. The molecule has 0 bridgehead atoms. The van der Waals surface area contributed by atoms with E-state index in [-0.39, 0.29) is 5.91 Å². The molecule has 1 aliphatic heterocycles. The lowest BCUT2D eigenvalue weighted by atomic mass is 10.0. The smallest absolute Gasteiger partial charge is 0.233 e. The second kappa shape index (κ2) is 10.7. The molecule has 0 spiro atoms. The summed E-state index contributed by atoms with van der Waals surface area (Å²) in [7, 11) is 1.68. The minimum absolute atomic E-state index is 0.192. The molecule has 0 N–H and O–H groups in total. The zero-order chi connectivity index (χ0) is 23.2. The Kier molecular flexibility index (Phi) is 7.50. The van der Waals surface area contributed by atoms with E-state index in [9.17, 15) is 4.79 Å². The molecule has 33 heavy (non-hydrogen) atoms. The number of nitrogens with zero attached hydrogens (tertiary/aromatic N) is 4. The highest BCUT2D eigenvalue weighted by atomic mass is 32.2. The third kappa shape index (κ3) is 5.85. The number of aryl methyl sites for hydroxylation is 2. The zero-order valence-electron chi connectivity index (χ0n) is 19.5. The van der Waals surface area contributed by atoms with Crippen LogP contribution in [-0.2, 0) is 11.2 Å². The van der Waals surface area contributed by atoms with Gasteiger partial charge < -0.3 is 14.5 Å². The van der Waals surface area contributed by atoms with Crippen LogP contribution in [0.5, 0.6) is 5.75 Å². The molecule has 2 heterocycles. The van der Waals surface area contributed by atoms with Crippen LogP contribution in [0.1, 0.15) is 22.6 Å². The number of amides is 1. The van der Waals surface area contributed by atoms with Gasteiger partial charge in [0.15, 0.2) is 0 Å². The second-order valence-corrected chi connectivity index (χ2v) is 9.20. The highest BCUT2D eigenvalue weighted by molar-refractivity contribution is 8.00. The molecule has 4 rings (SSSR count). The van der Waals surface area contributed by atoms with E-state index in [0.29, 0.717) is 18.8 Å². The largest absolute Gasteiger partial charge is 0.497 e. The summed E-state index contributed by atoms with van der Waals surface area (Å²) in [5.74, 6) is 3.28. The van der Waals surface area contributed by atoms with Crippen molar-refractivity contribution in [2.75, 3.05) is 43.9 Å². The van der Waals surface area contributed by atoms with Crippen LogP contribution in [0.2, 0.25) is 0 Å². The van der Waals surface area contributed by atoms with Crippen LogP contribution in [0.15, 0.2) is 59.5 Å². The van der Waals surface area contributed by atoms with Gasteiger partial charge in [0.2, 0.25) is 5.91 Å². The topological polar surface area (TPSA) is 58.6 Å². The molecule has 3 aromatic rings. The lowest BCUT2D eigenvalue weighted by molar-refractivity contribution is -0.128. The summed E-state index contributed by atoms with van der Waals surface area (Å²) >= 11 is 1.60. The summed E-state index contributed by atoms with van der Waals surface area (Å²) in [5.41, 5.74) is 3.34. The highest BCUT2D eigenvalue weighted by Crippen LogP contribution is 2.26. The third-order valence-corrected chi connectivity index (χ3v) is 6.88. The van der Waals surface area contributed by atoms with Gasteiger partial charge in [-0.25, -0.2) is 9.97 Å². The molecule has 1 amide bonds. The van der Waals surface area contributed by atoms with Gasteiger partial charge in [-0.15, -0.1) is 11.8 Å². The van der Waals surface area contributed by atoms with Crippen LogP contribution in [0.3, 0.4) is 0 Å². The van der Waals surface area contributed by atoms with E-state index in [2.05, 4.69) is 28.9 Å². The first kappa shape index (κ1) is 23.1. The van der Waals surface area contributed by atoms with Crippen LogP contribution in [0, 0.1) is 13.8 Å². The maximum atomic E-state index is 12.7. The van der Waals surface area contributed by atoms with Crippen LogP contribution >= 0.6 is 11.8 Å². The molecule has 0 atom stereocenters. The summed E-state index contributed by atoms with van der Waals surface area (Å²) in [6.07, 6.45) is 0.762. The lowest BCUT2D eigenvalue weighted by Gasteiger charge is -2.36. The van der Waals surface area contributed by atoms with Crippen molar-refractivity contribution in [1.82, 2.24) is 14.9 Å². The first-order valence-electron chi connectivity index (χ1n) is 11.2. The minimum atomic E-state index is 0.192. The van der Waals surface area contributed by atoms with Gasteiger partial charge in [-0.2, -0.15) is 0 Å². The first-order chi connectivity index (χ1) is 16.0. The van der Waals surface area contributed by atoms with Crippen molar-refractivity contribution in [2.45, 2.75) is 25.2 Å². The van der Waals surface area contributed by atoms with Gasteiger partial charge in [0.1, 0.15) is 17.4 Å². The van der Waals surface area contributed by atoms with Gasteiger partial charge in [0, 0.05) is 48.8 Å². The number of carbonyl (C=O) groups excluding carboxylic acids is 1. The average molecular weight is 463 g/mol. The van der Waals surface area contributed by atoms with Crippen molar-refractivity contribution in [1.29, 1.82) is 0 Å². The monoisotopic (exact) mass is 462 g/mol. The van der Waals surface area contributed by atoms with Gasteiger partial charge in [0.25, 0.3) is 0 Å². The number of methoxy groups -OCH3 is 1. The molecule has 0 aliphatic carbocycles. The lowest BCUT2D eigenvalue weighted by Crippen LogP contribution is -2.50. The first-order valence-corrected chi connectivity index (χ1v) is 12.2. The fourth-order valence-corrected chi connectivity index (χ4v) is 4.88. The van der Waals surface area contributed by atoms with Crippen molar-refractivity contribution in [2.24, 2.45) is 0 Å². The molecular formula is C26H30N4O2S. The number of benzene rings is 2. The fraction of sp³-hybridized carbons (Fsp3) is 0.346. The Hall–Kier alpha value is -3.06. The van der Waals surface area contributed by atoms with Gasteiger partial charge >= 0.3 is 0 Å². The fourth-order valence-electron chi connectivity index (χ4n) is 4.05. The Morgan fingerprint density at radius 3 is 2.33 bits per heavy atom. The summed E-state index contributed by atoms with van der Waals surface area (Å²) in [4.78, 5) is 27.6. The summed E-state index contributed by atoms with van der Waals surface area (Å²) in [6, 6.07) is 18.2. The second-order valence-electron chi connectivity index (χ2n) is 8.15. The van der Waals surface area contributed by atoms with Crippen LogP contribution in [0.4, 0.5) is 5.82 Å². The van der Waals surface area contributed by atoms with Crippen molar-refractivity contribution < 1.29 is 9.53 Å². The number of carbonyl (C=O) groups is 1. The van der Waals surface area contributed by atoms with Crippen molar-refractivity contribution in [3.63, 3.8) is 0 Å². The molecule has 1 aromatic heterocycles. The average Bonchev–Trinajstić information content (AvgIpc) is 2.85. The summed E-state index contributed by atoms with van der Waals surface area (Å²) in [6.45, 7) is 6.95. The molecule has 1 aliphatic rings. The van der Waals surface area contributed by atoms with Crippen LogP contribution < -0.4 is 9.64 Å². The maximum absolute atomic E-state index is 12.7. The molecule has 0 radical (unpaired) electrons. The number of aromatic nitrogens is 2. The quantitative estimate of drug-likeness (QED) is 0.492.